The van der Waals surface area contributed by atoms with Crippen molar-refractivity contribution in [2.75, 3.05) is 11.5 Å². The average molecular weight is 351 g/mol. The van der Waals surface area contributed by atoms with Crippen molar-refractivity contribution in [2.45, 2.75) is 60.7 Å². The summed E-state index contributed by atoms with van der Waals surface area (Å²) >= 11 is 9.17. The Kier molecular flexibility index (Phi) is 4.51. The van der Waals surface area contributed by atoms with Crippen molar-refractivity contribution in [3.8, 4) is 0 Å². The standard InChI is InChI=1S/C19H26S3/c1-13(19(20)21-9-4-10-22-19)14-7-8-18-16(11-14)12-15-5-2-3-6-17(15)18/h7-8,11,13,15,17,20H,2-6,9-10,12H2,1H3/t13-,15+,17-/m1/s1. The third-order valence-electron chi connectivity index (χ3n) is 5.91. The first-order valence-electron chi connectivity index (χ1n) is 8.80. The molecule has 0 nitrogen and oxygen atoms in total. The zero-order valence-corrected chi connectivity index (χ0v) is 15.9. The molecule has 4 rings (SSSR count). The van der Waals surface area contributed by atoms with E-state index in [0.717, 1.165) is 11.8 Å². The van der Waals surface area contributed by atoms with Crippen LogP contribution in [-0.2, 0) is 6.42 Å². The lowest BCUT2D eigenvalue weighted by Crippen LogP contribution is -2.25. The molecule has 0 aromatic heterocycles. The second-order valence-corrected chi connectivity index (χ2v) is 11.5. The molecule has 3 heteroatoms. The maximum Gasteiger partial charge on any atom is 0.110 e. The number of hydrogen-bond acceptors (Lipinski definition) is 3. The minimum atomic E-state index is 0.0673. The summed E-state index contributed by atoms with van der Waals surface area (Å²) < 4.78 is 0.0673. The van der Waals surface area contributed by atoms with E-state index in [1.165, 1.54) is 55.6 Å². The lowest BCUT2D eigenvalue weighted by atomic mass is 9.80. The number of thiol groups is 1. The van der Waals surface area contributed by atoms with Gasteiger partial charge in [0, 0.05) is 5.92 Å². The number of thioether (sulfide) groups is 2. The van der Waals surface area contributed by atoms with Crippen LogP contribution in [0.15, 0.2) is 18.2 Å². The van der Waals surface area contributed by atoms with Crippen molar-refractivity contribution in [1.82, 2.24) is 0 Å². The van der Waals surface area contributed by atoms with E-state index < -0.39 is 0 Å². The second-order valence-electron chi connectivity index (χ2n) is 7.22. The highest BCUT2D eigenvalue weighted by molar-refractivity contribution is 8.29. The minimum Gasteiger partial charge on any atom is -0.150 e. The molecule has 2 fully saturated rings. The first-order valence-corrected chi connectivity index (χ1v) is 11.2. The zero-order valence-electron chi connectivity index (χ0n) is 13.4. The lowest BCUT2D eigenvalue weighted by molar-refractivity contribution is 0.330. The SMILES string of the molecule is C[C@H](c1ccc2c(c1)C[C@@H]1CCCC[C@@H]21)C1(S)SCCCS1. The van der Waals surface area contributed by atoms with Gasteiger partial charge in [0.25, 0.3) is 0 Å². The Hall–Kier alpha value is 0.270. The highest BCUT2D eigenvalue weighted by atomic mass is 32.3. The molecule has 3 aliphatic rings. The molecule has 1 aromatic carbocycles. The topological polar surface area (TPSA) is 0 Å². The summed E-state index contributed by atoms with van der Waals surface area (Å²) in [5.41, 5.74) is 4.84. The third-order valence-corrected chi connectivity index (χ3v) is 10.3. The highest BCUT2D eigenvalue weighted by Crippen LogP contribution is 2.54. The molecule has 0 N–H and O–H groups in total. The van der Waals surface area contributed by atoms with Gasteiger partial charge in [-0.1, -0.05) is 38.0 Å². The molecule has 22 heavy (non-hydrogen) atoms. The molecule has 1 aliphatic heterocycles. The molecule has 2 aliphatic carbocycles. The lowest BCUT2D eigenvalue weighted by Gasteiger charge is -2.37. The van der Waals surface area contributed by atoms with Gasteiger partial charge in [-0.15, -0.1) is 23.5 Å². The highest BCUT2D eigenvalue weighted by Gasteiger charge is 2.38. The summed E-state index contributed by atoms with van der Waals surface area (Å²) in [4.78, 5) is 0. The molecule has 1 saturated heterocycles. The largest absolute Gasteiger partial charge is 0.150 e. The molecule has 1 saturated carbocycles. The van der Waals surface area contributed by atoms with Crippen molar-refractivity contribution in [3.63, 3.8) is 0 Å². The van der Waals surface area contributed by atoms with Gasteiger partial charge in [-0.25, -0.2) is 0 Å². The molecule has 1 heterocycles. The molecule has 1 aromatic rings. The van der Waals surface area contributed by atoms with Gasteiger partial charge in [0.1, 0.15) is 3.41 Å². The van der Waals surface area contributed by atoms with Gasteiger partial charge >= 0.3 is 0 Å². The maximum atomic E-state index is 5.07. The monoisotopic (exact) mass is 350 g/mol. The van der Waals surface area contributed by atoms with E-state index in [1.54, 1.807) is 11.1 Å². The predicted molar refractivity (Wildman–Crippen MR) is 105 cm³/mol. The Morgan fingerprint density at radius 1 is 1.14 bits per heavy atom. The molecule has 0 unspecified atom stereocenters. The molecular weight excluding hydrogens is 324 g/mol. The van der Waals surface area contributed by atoms with Crippen LogP contribution in [0.4, 0.5) is 0 Å². The number of fused-ring (bicyclic) bond motifs is 3. The van der Waals surface area contributed by atoms with Crippen LogP contribution in [0.3, 0.4) is 0 Å². The van der Waals surface area contributed by atoms with Gasteiger partial charge in [0.05, 0.1) is 0 Å². The molecule has 120 valence electrons. The zero-order chi connectivity index (χ0) is 15.2. The first kappa shape index (κ1) is 15.8. The summed E-state index contributed by atoms with van der Waals surface area (Å²) in [6.07, 6.45) is 8.43. The first-order chi connectivity index (χ1) is 10.7. The second kappa shape index (κ2) is 6.29. The summed E-state index contributed by atoms with van der Waals surface area (Å²) in [5, 5.41) is 0. The summed E-state index contributed by atoms with van der Waals surface area (Å²) in [6.45, 7) is 2.38. The van der Waals surface area contributed by atoms with E-state index in [-0.39, 0.29) is 3.41 Å². The van der Waals surface area contributed by atoms with Crippen molar-refractivity contribution in [2.24, 2.45) is 5.92 Å². The van der Waals surface area contributed by atoms with Gasteiger partial charge in [-0.2, -0.15) is 12.6 Å². The van der Waals surface area contributed by atoms with E-state index in [1.807, 2.05) is 23.5 Å². The van der Waals surface area contributed by atoms with Crippen molar-refractivity contribution < 1.29 is 0 Å². The Balaban J connectivity index is 1.59. The fourth-order valence-corrected chi connectivity index (χ4v) is 8.22. The molecular formula is C19H26S3. The van der Waals surface area contributed by atoms with Crippen LogP contribution >= 0.6 is 36.2 Å². The van der Waals surface area contributed by atoms with Crippen LogP contribution in [-0.4, -0.2) is 14.9 Å². The maximum absolute atomic E-state index is 5.07. The smallest absolute Gasteiger partial charge is 0.110 e. The number of hydrogen-bond donors (Lipinski definition) is 1. The quantitative estimate of drug-likeness (QED) is 0.642. The summed E-state index contributed by atoms with van der Waals surface area (Å²) in [5.74, 6) is 4.85. The van der Waals surface area contributed by atoms with Gasteiger partial charge < -0.3 is 0 Å². The van der Waals surface area contributed by atoms with Crippen LogP contribution in [0.1, 0.15) is 67.6 Å². The van der Waals surface area contributed by atoms with Crippen LogP contribution in [0, 0.1) is 5.92 Å². The van der Waals surface area contributed by atoms with Gasteiger partial charge in [-0.3, -0.25) is 0 Å². The van der Waals surface area contributed by atoms with Crippen molar-refractivity contribution in [3.05, 3.63) is 34.9 Å². The van der Waals surface area contributed by atoms with E-state index in [9.17, 15) is 0 Å². The van der Waals surface area contributed by atoms with E-state index in [0.29, 0.717) is 5.92 Å². The Labute approximate surface area is 149 Å². The Bertz CT molecular complexity index is 548. The van der Waals surface area contributed by atoms with Crippen LogP contribution in [0.25, 0.3) is 0 Å². The van der Waals surface area contributed by atoms with Crippen molar-refractivity contribution in [1.29, 1.82) is 0 Å². The van der Waals surface area contributed by atoms with Gasteiger partial charge in [-0.05, 0) is 65.7 Å². The fourth-order valence-electron chi connectivity index (χ4n) is 4.58. The van der Waals surface area contributed by atoms with E-state index in [4.69, 9.17) is 12.6 Å². The van der Waals surface area contributed by atoms with E-state index in [2.05, 4.69) is 25.1 Å². The molecule has 0 bridgehead atoms. The summed E-state index contributed by atoms with van der Waals surface area (Å²) in [6, 6.07) is 7.41. The Morgan fingerprint density at radius 3 is 2.73 bits per heavy atom. The van der Waals surface area contributed by atoms with Crippen LogP contribution in [0.5, 0.6) is 0 Å². The molecule has 3 atom stereocenters. The molecule has 0 radical (unpaired) electrons. The van der Waals surface area contributed by atoms with Gasteiger partial charge in [0.15, 0.2) is 0 Å². The average Bonchev–Trinajstić information content (AvgIpc) is 2.92. The summed E-state index contributed by atoms with van der Waals surface area (Å²) in [7, 11) is 0. The van der Waals surface area contributed by atoms with Crippen LogP contribution < -0.4 is 0 Å². The normalized spacial score (nSPS) is 31.4. The Morgan fingerprint density at radius 2 is 1.91 bits per heavy atom. The predicted octanol–water partition coefficient (Wildman–Crippen LogP) is 6.07. The number of benzene rings is 1. The van der Waals surface area contributed by atoms with Gasteiger partial charge in [0.2, 0.25) is 0 Å². The van der Waals surface area contributed by atoms with Crippen LogP contribution in [0.2, 0.25) is 0 Å². The third kappa shape index (κ3) is 2.75. The van der Waals surface area contributed by atoms with Crippen molar-refractivity contribution >= 4 is 36.2 Å². The minimum absolute atomic E-state index is 0.0673. The number of rotatable bonds is 2. The molecule has 0 spiro atoms. The molecule has 0 amide bonds. The fraction of sp³-hybridized carbons (Fsp3) is 0.684. The van der Waals surface area contributed by atoms with E-state index >= 15 is 0 Å².